The summed E-state index contributed by atoms with van der Waals surface area (Å²) in [5.74, 6) is 0.797. The molecule has 0 bridgehead atoms. The Kier molecular flexibility index (Phi) is 3.86. The predicted molar refractivity (Wildman–Crippen MR) is 103 cm³/mol. The molecule has 0 unspecified atom stereocenters. The molecule has 3 heterocycles. The van der Waals surface area contributed by atoms with Gasteiger partial charge < -0.3 is 9.72 Å². The third-order valence-corrected chi connectivity index (χ3v) is 5.60. The first kappa shape index (κ1) is 15.1. The minimum atomic E-state index is 0.232. The largest absolute Gasteiger partial charge is 0.495 e. The number of benzene rings is 1. The first-order valence-electron chi connectivity index (χ1n) is 6.71. The summed E-state index contributed by atoms with van der Waals surface area (Å²) in [6.45, 7) is 0. The lowest BCUT2D eigenvalue weighted by Crippen LogP contribution is -1.92. The van der Waals surface area contributed by atoms with Crippen molar-refractivity contribution in [2.45, 2.75) is 0 Å². The topological polar surface area (TPSA) is 55.7 Å². The van der Waals surface area contributed by atoms with Crippen molar-refractivity contribution in [1.82, 2.24) is 18.9 Å². The molecule has 0 fully saturated rings. The van der Waals surface area contributed by atoms with Gasteiger partial charge in [0.05, 0.1) is 18.3 Å². The van der Waals surface area contributed by atoms with Gasteiger partial charge in [-0.1, -0.05) is 12.1 Å². The van der Waals surface area contributed by atoms with E-state index in [1.165, 1.54) is 9.12 Å². The third-order valence-electron chi connectivity index (χ3n) is 3.71. The maximum Gasteiger partial charge on any atom is 0.224 e. The van der Waals surface area contributed by atoms with Gasteiger partial charge in [0.1, 0.15) is 5.75 Å². The van der Waals surface area contributed by atoms with E-state index in [1.54, 1.807) is 7.11 Å². The summed E-state index contributed by atoms with van der Waals surface area (Å²) in [6, 6.07) is 7.93. The molecule has 0 saturated carbocycles. The lowest BCUT2D eigenvalue weighted by atomic mass is 10.1. The van der Waals surface area contributed by atoms with E-state index in [-0.39, 0.29) is 5.28 Å². The highest BCUT2D eigenvalue weighted by atomic mass is 127. The Bertz CT molecular complexity index is 1030. The normalized spacial score (nSPS) is 11.4. The monoisotopic (exact) mass is 456 g/mol. The van der Waals surface area contributed by atoms with Gasteiger partial charge in [-0.15, -0.1) is 0 Å². The minimum absolute atomic E-state index is 0.232. The van der Waals surface area contributed by atoms with E-state index in [0.717, 1.165) is 38.9 Å². The Morgan fingerprint density at radius 2 is 2.13 bits per heavy atom. The average molecular weight is 457 g/mol. The van der Waals surface area contributed by atoms with Crippen molar-refractivity contribution in [3.8, 4) is 17.0 Å². The van der Waals surface area contributed by atoms with Crippen molar-refractivity contribution in [1.29, 1.82) is 0 Å². The summed E-state index contributed by atoms with van der Waals surface area (Å²) < 4.78 is 7.37. The van der Waals surface area contributed by atoms with Crippen molar-refractivity contribution in [2.75, 3.05) is 7.11 Å². The smallest absolute Gasteiger partial charge is 0.224 e. The lowest BCUT2D eigenvalue weighted by molar-refractivity contribution is 0.419. The molecule has 0 atom stereocenters. The van der Waals surface area contributed by atoms with Gasteiger partial charge in [-0.05, 0) is 23.7 Å². The third kappa shape index (κ3) is 2.38. The zero-order valence-corrected chi connectivity index (χ0v) is 15.6. The van der Waals surface area contributed by atoms with Crippen molar-refractivity contribution >= 4 is 63.9 Å². The fraction of sp³-hybridized carbons (Fsp3) is 0.0667. The van der Waals surface area contributed by atoms with Crippen molar-refractivity contribution in [3.63, 3.8) is 0 Å². The van der Waals surface area contributed by atoms with E-state index in [9.17, 15) is 0 Å². The first-order chi connectivity index (χ1) is 11.2. The summed E-state index contributed by atoms with van der Waals surface area (Å²) in [5, 5.41) is 2.23. The molecule has 0 spiro atoms. The second-order valence-corrected chi connectivity index (χ2v) is 6.93. The maximum absolute atomic E-state index is 6.15. The first-order valence-corrected chi connectivity index (χ1v) is 10.4. The molecular formula is C15H10ClIN4OS. The molecule has 4 rings (SSSR count). The summed E-state index contributed by atoms with van der Waals surface area (Å²) in [4.78, 5) is 12.1. The van der Waals surface area contributed by atoms with E-state index in [4.69, 9.17) is 16.3 Å². The van der Waals surface area contributed by atoms with E-state index in [0.29, 0.717) is 0 Å². The van der Waals surface area contributed by atoms with Crippen molar-refractivity contribution < 1.29 is 4.74 Å². The molecule has 0 aliphatic rings. The van der Waals surface area contributed by atoms with Crippen molar-refractivity contribution in [3.05, 3.63) is 41.9 Å². The van der Waals surface area contributed by atoms with Gasteiger partial charge in [0.15, 0.2) is 5.65 Å². The van der Waals surface area contributed by atoms with Gasteiger partial charge in [-0.25, -0.2) is 4.98 Å². The number of H-pyrrole nitrogens is 1. The van der Waals surface area contributed by atoms with E-state index in [1.807, 2.05) is 40.6 Å². The number of aromatic amines is 1. The molecule has 1 aromatic carbocycles. The van der Waals surface area contributed by atoms with Crippen molar-refractivity contribution in [2.24, 2.45) is 0 Å². The molecule has 0 aliphatic carbocycles. The molecule has 0 saturated heterocycles. The van der Waals surface area contributed by atoms with Gasteiger partial charge in [0.2, 0.25) is 5.28 Å². The number of rotatable bonds is 3. The quantitative estimate of drug-likeness (QED) is 0.345. The highest BCUT2D eigenvalue weighted by Gasteiger charge is 2.17. The predicted octanol–water partition coefficient (Wildman–Crippen LogP) is 5.09. The van der Waals surface area contributed by atoms with Gasteiger partial charge >= 0.3 is 0 Å². The highest BCUT2D eigenvalue weighted by Crippen LogP contribution is 2.37. The number of para-hydroxylation sites is 1. The van der Waals surface area contributed by atoms with E-state index in [2.05, 4.69) is 36.2 Å². The molecule has 0 aliphatic heterocycles. The highest BCUT2D eigenvalue weighted by molar-refractivity contribution is 14.2. The van der Waals surface area contributed by atoms with E-state index >= 15 is 0 Å². The van der Waals surface area contributed by atoms with Crippen LogP contribution in [0.1, 0.15) is 0 Å². The lowest BCUT2D eigenvalue weighted by Gasteiger charge is -2.05. The number of methoxy groups -OCH3 is 1. The number of fused-ring (bicyclic) bond motifs is 2. The maximum atomic E-state index is 6.15. The van der Waals surface area contributed by atoms with Crippen LogP contribution in [0.5, 0.6) is 5.75 Å². The molecule has 116 valence electrons. The fourth-order valence-corrected chi connectivity index (χ4v) is 4.15. The number of halogens is 2. The van der Waals surface area contributed by atoms with Crippen LogP contribution < -0.4 is 4.74 Å². The van der Waals surface area contributed by atoms with Crippen LogP contribution >= 0.6 is 41.9 Å². The molecule has 4 aromatic rings. The Labute approximate surface area is 153 Å². The number of nitrogens with zero attached hydrogens (tertiary/aromatic N) is 3. The summed E-state index contributed by atoms with van der Waals surface area (Å²) in [7, 11) is 3.20. The minimum Gasteiger partial charge on any atom is -0.495 e. The average Bonchev–Trinajstić information content (AvgIpc) is 3.17. The SMILES string of the molecule is COc1cccc2c(-c3nc(Cl)nc4c3ccn4SI)c[nH]c12. The van der Waals surface area contributed by atoms with Crippen LogP contribution in [0.15, 0.2) is 36.7 Å². The second kappa shape index (κ2) is 5.88. The van der Waals surface area contributed by atoms with Crippen LogP contribution in [0.4, 0.5) is 0 Å². The Hall–Kier alpha value is -1.45. The molecule has 3 aromatic heterocycles. The summed E-state index contributed by atoms with van der Waals surface area (Å²) in [6.07, 6.45) is 3.89. The van der Waals surface area contributed by atoms with E-state index < -0.39 is 0 Å². The van der Waals surface area contributed by atoms with Crippen LogP contribution in [-0.4, -0.2) is 26.0 Å². The number of ether oxygens (including phenoxy) is 1. The van der Waals surface area contributed by atoms with Gasteiger partial charge in [0.25, 0.3) is 0 Å². The van der Waals surface area contributed by atoms with Gasteiger partial charge in [-0.2, -0.15) is 4.98 Å². The molecule has 0 radical (unpaired) electrons. The molecule has 5 nitrogen and oxygen atoms in total. The molecule has 23 heavy (non-hydrogen) atoms. The zero-order valence-electron chi connectivity index (χ0n) is 11.9. The Morgan fingerprint density at radius 1 is 1.26 bits per heavy atom. The zero-order chi connectivity index (χ0) is 16.0. The van der Waals surface area contributed by atoms with Gasteiger partial charge in [-0.3, -0.25) is 3.97 Å². The summed E-state index contributed by atoms with van der Waals surface area (Å²) >= 11 is 8.37. The van der Waals surface area contributed by atoms with Gasteiger partial charge in [0, 0.05) is 59.1 Å². The van der Waals surface area contributed by atoms with Crippen LogP contribution in [0.3, 0.4) is 0 Å². The number of aromatic nitrogens is 4. The molecule has 8 heteroatoms. The van der Waals surface area contributed by atoms with Crippen LogP contribution in [0.2, 0.25) is 5.28 Å². The molecule has 1 N–H and O–H groups in total. The Balaban J connectivity index is 2.05. The van der Waals surface area contributed by atoms with Crippen LogP contribution in [0.25, 0.3) is 33.2 Å². The Morgan fingerprint density at radius 3 is 2.91 bits per heavy atom. The number of hydrogen-bond donors (Lipinski definition) is 1. The summed E-state index contributed by atoms with van der Waals surface area (Å²) in [5.41, 5.74) is 3.53. The second-order valence-electron chi connectivity index (χ2n) is 4.87. The molecular weight excluding hydrogens is 447 g/mol. The standard InChI is InChI=1S/C15H10ClIN4OS/c1-22-11-4-2-3-8-10(7-18-13(8)11)12-9-5-6-21(23-17)14(9)20-15(16)19-12/h2-7,18H,1H3. The fourth-order valence-electron chi connectivity index (χ4n) is 2.72. The molecule has 0 amide bonds. The number of nitrogens with one attached hydrogen (secondary N) is 1. The number of hydrogen-bond acceptors (Lipinski definition) is 4. The van der Waals surface area contributed by atoms with Crippen LogP contribution in [0, 0.1) is 0 Å². The van der Waals surface area contributed by atoms with Crippen LogP contribution in [-0.2, 0) is 0 Å².